The lowest BCUT2D eigenvalue weighted by molar-refractivity contribution is 0.158. The van der Waals surface area contributed by atoms with Gasteiger partial charge < -0.3 is 5.32 Å². The van der Waals surface area contributed by atoms with E-state index in [4.69, 9.17) is 0 Å². The minimum absolute atomic E-state index is 0.808. The van der Waals surface area contributed by atoms with E-state index in [0.717, 1.165) is 31.1 Å². The maximum absolute atomic E-state index is 3.61. The summed E-state index contributed by atoms with van der Waals surface area (Å²) in [6, 6.07) is 6.27. The predicted octanol–water partition coefficient (Wildman–Crippen LogP) is 4.40. The predicted molar refractivity (Wildman–Crippen MR) is 91.7 cm³/mol. The monoisotopic (exact) mass is 306 g/mol. The molecule has 1 N–H and O–H groups in total. The van der Waals surface area contributed by atoms with Crippen LogP contribution in [0.1, 0.15) is 61.6 Å². The Morgan fingerprint density at radius 3 is 2.48 bits per heavy atom. The third-order valence-electron chi connectivity index (χ3n) is 5.28. The number of hydrogen-bond donors (Lipinski definition) is 1. The van der Waals surface area contributed by atoms with Crippen LogP contribution in [0.25, 0.3) is 0 Å². The smallest absolute Gasteiger partial charge is 0.0327 e. The summed E-state index contributed by atoms with van der Waals surface area (Å²) < 4.78 is 0. The normalized spacial score (nSPS) is 26.4. The molecule has 2 saturated carbocycles. The Morgan fingerprint density at radius 2 is 1.81 bits per heavy atom. The summed E-state index contributed by atoms with van der Waals surface area (Å²) in [6.07, 6.45) is 9.80. The van der Waals surface area contributed by atoms with Gasteiger partial charge in [0.2, 0.25) is 0 Å². The minimum atomic E-state index is 0.808. The van der Waals surface area contributed by atoms with Gasteiger partial charge in [0.1, 0.15) is 0 Å². The number of nitrogens with zero attached hydrogens (tertiary/aromatic N) is 1. The van der Waals surface area contributed by atoms with Gasteiger partial charge in [-0.3, -0.25) is 4.90 Å². The van der Waals surface area contributed by atoms with Crippen LogP contribution in [0.5, 0.6) is 0 Å². The molecule has 1 heterocycles. The largest absolute Gasteiger partial charge is 0.309 e. The number of thiophene rings is 1. The Labute approximate surface area is 133 Å². The van der Waals surface area contributed by atoms with Crippen LogP contribution in [0, 0.1) is 5.92 Å². The third-order valence-corrected chi connectivity index (χ3v) is 6.35. The van der Waals surface area contributed by atoms with Gasteiger partial charge in [0.05, 0.1) is 0 Å². The summed E-state index contributed by atoms with van der Waals surface area (Å²) in [5.41, 5.74) is 0. The molecule has 0 atom stereocenters. The van der Waals surface area contributed by atoms with E-state index in [2.05, 4.69) is 36.3 Å². The van der Waals surface area contributed by atoms with E-state index in [0.29, 0.717) is 0 Å². The topological polar surface area (TPSA) is 15.3 Å². The van der Waals surface area contributed by atoms with Gasteiger partial charge in [-0.25, -0.2) is 0 Å². The number of rotatable bonds is 7. The molecule has 0 radical (unpaired) electrons. The van der Waals surface area contributed by atoms with E-state index >= 15 is 0 Å². The Bertz CT molecular complexity index is 430. The Hall–Kier alpha value is -0.380. The van der Waals surface area contributed by atoms with Gasteiger partial charge in [-0.05, 0) is 63.6 Å². The van der Waals surface area contributed by atoms with Crippen LogP contribution >= 0.6 is 11.3 Å². The summed E-state index contributed by atoms with van der Waals surface area (Å²) in [5.74, 6) is 0.997. The van der Waals surface area contributed by atoms with Gasteiger partial charge in [0, 0.05) is 34.9 Å². The fourth-order valence-corrected chi connectivity index (χ4v) is 4.54. The lowest BCUT2D eigenvalue weighted by atomic mass is 9.84. The zero-order valence-electron chi connectivity index (χ0n) is 13.6. The van der Waals surface area contributed by atoms with Crippen molar-refractivity contribution < 1.29 is 0 Å². The second-order valence-electron chi connectivity index (χ2n) is 7.02. The maximum Gasteiger partial charge on any atom is 0.0327 e. The van der Waals surface area contributed by atoms with E-state index in [1.54, 1.807) is 0 Å². The highest BCUT2D eigenvalue weighted by molar-refractivity contribution is 7.11. The second kappa shape index (κ2) is 7.26. The van der Waals surface area contributed by atoms with Gasteiger partial charge in [0.25, 0.3) is 0 Å². The molecule has 0 unspecified atom stereocenters. The van der Waals surface area contributed by atoms with Crippen LogP contribution < -0.4 is 5.32 Å². The molecular weight excluding hydrogens is 276 g/mol. The molecule has 0 bridgehead atoms. The summed E-state index contributed by atoms with van der Waals surface area (Å²) in [6.45, 7) is 4.55. The van der Waals surface area contributed by atoms with Gasteiger partial charge in [-0.1, -0.05) is 13.3 Å². The third kappa shape index (κ3) is 4.54. The molecule has 3 heteroatoms. The fraction of sp³-hybridized carbons (Fsp3) is 0.778. The molecule has 2 aliphatic rings. The van der Waals surface area contributed by atoms with Crippen molar-refractivity contribution in [1.29, 1.82) is 0 Å². The lowest BCUT2D eigenvalue weighted by Gasteiger charge is -2.34. The molecule has 2 nitrogen and oxygen atoms in total. The molecular formula is C18H30N2S. The molecule has 0 amide bonds. The first-order valence-electron chi connectivity index (χ1n) is 8.75. The Kier molecular flexibility index (Phi) is 5.36. The van der Waals surface area contributed by atoms with Gasteiger partial charge in [0.15, 0.2) is 0 Å². The first-order chi connectivity index (χ1) is 10.2. The van der Waals surface area contributed by atoms with Gasteiger partial charge in [-0.2, -0.15) is 0 Å². The summed E-state index contributed by atoms with van der Waals surface area (Å²) in [5, 5.41) is 3.61. The first kappa shape index (κ1) is 15.5. The van der Waals surface area contributed by atoms with Crippen molar-refractivity contribution in [3.63, 3.8) is 0 Å². The standard InChI is InChI=1S/C18H30N2S/c1-3-14-4-8-16(9-5-14)20(2)13-18-11-10-17(21-18)12-19-15-6-7-15/h10-11,14-16,19H,3-9,12-13H2,1-2H3. The van der Waals surface area contributed by atoms with Crippen molar-refractivity contribution >= 4 is 11.3 Å². The summed E-state index contributed by atoms with van der Waals surface area (Å²) in [4.78, 5) is 5.62. The summed E-state index contributed by atoms with van der Waals surface area (Å²) in [7, 11) is 2.32. The molecule has 2 fully saturated rings. The average Bonchev–Trinajstić information content (AvgIpc) is 3.25. The van der Waals surface area contributed by atoms with Crippen molar-refractivity contribution in [1.82, 2.24) is 10.2 Å². The number of hydrogen-bond acceptors (Lipinski definition) is 3. The van der Waals surface area contributed by atoms with Crippen molar-refractivity contribution in [3.8, 4) is 0 Å². The van der Waals surface area contributed by atoms with Crippen LogP contribution in [-0.2, 0) is 13.1 Å². The van der Waals surface area contributed by atoms with Crippen molar-refractivity contribution in [3.05, 3.63) is 21.9 Å². The van der Waals surface area contributed by atoms with Crippen LogP contribution in [0.3, 0.4) is 0 Å². The van der Waals surface area contributed by atoms with E-state index in [9.17, 15) is 0 Å². The first-order valence-corrected chi connectivity index (χ1v) is 9.57. The molecule has 0 spiro atoms. The quantitative estimate of drug-likeness (QED) is 0.803. The minimum Gasteiger partial charge on any atom is -0.309 e. The molecule has 0 saturated heterocycles. The molecule has 21 heavy (non-hydrogen) atoms. The van der Waals surface area contributed by atoms with Crippen LogP contribution in [0.4, 0.5) is 0 Å². The lowest BCUT2D eigenvalue weighted by Crippen LogP contribution is -2.34. The second-order valence-corrected chi connectivity index (χ2v) is 8.27. The molecule has 1 aromatic heterocycles. The van der Waals surface area contributed by atoms with Crippen LogP contribution in [0.2, 0.25) is 0 Å². The maximum atomic E-state index is 3.61. The molecule has 0 aliphatic heterocycles. The van der Waals surface area contributed by atoms with Crippen molar-refractivity contribution in [2.75, 3.05) is 7.05 Å². The SMILES string of the molecule is CCC1CCC(N(C)Cc2ccc(CNC3CC3)s2)CC1. The molecule has 3 rings (SSSR count). The van der Waals surface area contributed by atoms with Crippen molar-refractivity contribution in [2.24, 2.45) is 5.92 Å². The van der Waals surface area contributed by atoms with Gasteiger partial charge in [-0.15, -0.1) is 11.3 Å². The highest BCUT2D eigenvalue weighted by atomic mass is 32.1. The van der Waals surface area contributed by atoms with E-state index in [1.807, 2.05) is 11.3 Å². The van der Waals surface area contributed by atoms with Crippen molar-refractivity contribution in [2.45, 2.75) is 77.0 Å². The van der Waals surface area contributed by atoms with E-state index < -0.39 is 0 Å². The summed E-state index contributed by atoms with van der Waals surface area (Å²) >= 11 is 2.00. The van der Waals surface area contributed by atoms with Crippen LogP contribution in [-0.4, -0.2) is 24.0 Å². The zero-order chi connectivity index (χ0) is 14.7. The van der Waals surface area contributed by atoms with E-state index in [-0.39, 0.29) is 0 Å². The molecule has 2 aliphatic carbocycles. The van der Waals surface area contributed by atoms with E-state index in [1.165, 1.54) is 54.7 Å². The Morgan fingerprint density at radius 1 is 1.10 bits per heavy atom. The molecule has 118 valence electrons. The number of nitrogens with one attached hydrogen (secondary N) is 1. The van der Waals surface area contributed by atoms with Crippen LogP contribution in [0.15, 0.2) is 12.1 Å². The Balaban J connectivity index is 1.44. The van der Waals surface area contributed by atoms with Gasteiger partial charge >= 0.3 is 0 Å². The molecule has 0 aromatic carbocycles. The average molecular weight is 307 g/mol. The fourth-order valence-electron chi connectivity index (χ4n) is 3.50. The zero-order valence-corrected chi connectivity index (χ0v) is 14.4. The highest BCUT2D eigenvalue weighted by Gasteiger charge is 2.23. The molecule has 1 aromatic rings. The highest BCUT2D eigenvalue weighted by Crippen LogP contribution is 2.30.